The number of ether oxygens (including phenoxy) is 1. The number of nitrogens with one attached hydrogen (secondary N) is 2. The summed E-state index contributed by atoms with van der Waals surface area (Å²) >= 11 is 0. The molecule has 0 aliphatic rings. The molecule has 8 heteroatoms. The average Bonchev–Trinajstić information content (AvgIpc) is 2.53. The minimum atomic E-state index is -0.456. The summed E-state index contributed by atoms with van der Waals surface area (Å²) in [4.78, 5) is 18.7. The highest BCUT2D eigenvalue weighted by Crippen LogP contribution is 2.20. The van der Waals surface area contributed by atoms with E-state index in [1.807, 2.05) is 6.07 Å². The summed E-state index contributed by atoms with van der Waals surface area (Å²) in [6.07, 6.45) is 1.67. The van der Waals surface area contributed by atoms with Gasteiger partial charge in [0.1, 0.15) is 11.6 Å². The third kappa shape index (κ3) is 3.78. The standard InChI is InChI=1S/C13H15N5O3/c1-14-11-5-10(18(19)20)6-12(17-11)15-7-9-3-4-13(21-2)16-8-9/h3-6,8H,7H2,1-2H3,(H2,14,15,17). The summed E-state index contributed by atoms with van der Waals surface area (Å²) in [5.74, 6) is 1.38. The number of methoxy groups -OCH3 is 1. The lowest BCUT2D eigenvalue weighted by molar-refractivity contribution is -0.384. The lowest BCUT2D eigenvalue weighted by Gasteiger charge is -2.08. The Morgan fingerprint density at radius 3 is 2.67 bits per heavy atom. The number of nitro groups is 1. The van der Waals surface area contributed by atoms with Crippen LogP contribution in [0.25, 0.3) is 0 Å². The zero-order valence-corrected chi connectivity index (χ0v) is 11.7. The van der Waals surface area contributed by atoms with Crippen molar-refractivity contribution in [1.29, 1.82) is 0 Å². The maximum atomic E-state index is 10.9. The van der Waals surface area contributed by atoms with Crippen LogP contribution in [-0.2, 0) is 6.54 Å². The van der Waals surface area contributed by atoms with Crippen LogP contribution < -0.4 is 15.4 Å². The molecular formula is C13H15N5O3. The number of pyridine rings is 2. The van der Waals surface area contributed by atoms with Crippen LogP contribution in [0, 0.1) is 10.1 Å². The molecule has 2 rings (SSSR count). The van der Waals surface area contributed by atoms with Crippen LogP contribution in [0.3, 0.4) is 0 Å². The normalized spacial score (nSPS) is 10.0. The van der Waals surface area contributed by atoms with Gasteiger partial charge in [0.25, 0.3) is 5.69 Å². The quantitative estimate of drug-likeness (QED) is 0.619. The zero-order valence-electron chi connectivity index (χ0n) is 11.7. The van der Waals surface area contributed by atoms with E-state index in [0.29, 0.717) is 24.1 Å². The van der Waals surface area contributed by atoms with Crippen molar-refractivity contribution < 1.29 is 9.66 Å². The fourth-order valence-corrected chi connectivity index (χ4v) is 1.67. The van der Waals surface area contributed by atoms with Gasteiger partial charge in [0.15, 0.2) is 0 Å². The lowest BCUT2D eigenvalue weighted by Crippen LogP contribution is -2.04. The molecule has 2 N–H and O–H groups in total. The van der Waals surface area contributed by atoms with Crippen molar-refractivity contribution in [3.05, 3.63) is 46.1 Å². The van der Waals surface area contributed by atoms with Crippen LogP contribution in [0.15, 0.2) is 30.5 Å². The first-order chi connectivity index (χ1) is 10.1. The van der Waals surface area contributed by atoms with Gasteiger partial charge in [0.05, 0.1) is 24.2 Å². The van der Waals surface area contributed by atoms with E-state index < -0.39 is 4.92 Å². The number of hydrogen-bond acceptors (Lipinski definition) is 7. The molecule has 0 radical (unpaired) electrons. The summed E-state index contributed by atoms with van der Waals surface area (Å²) in [5, 5.41) is 16.7. The molecule has 8 nitrogen and oxygen atoms in total. The van der Waals surface area contributed by atoms with E-state index >= 15 is 0 Å². The van der Waals surface area contributed by atoms with Crippen molar-refractivity contribution >= 4 is 17.3 Å². The average molecular weight is 289 g/mol. The number of nitrogens with zero attached hydrogens (tertiary/aromatic N) is 3. The molecule has 2 aromatic heterocycles. The second kappa shape index (κ2) is 6.51. The SMILES string of the molecule is CNc1cc([N+](=O)[O-])cc(NCc2ccc(OC)nc2)n1. The summed E-state index contributed by atoms with van der Waals surface area (Å²) in [6.45, 7) is 0.453. The summed E-state index contributed by atoms with van der Waals surface area (Å²) in [6, 6.07) is 6.37. The molecule has 0 aliphatic carbocycles. The third-order valence-electron chi connectivity index (χ3n) is 2.76. The van der Waals surface area contributed by atoms with Crippen molar-refractivity contribution in [3.63, 3.8) is 0 Å². The highest BCUT2D eigenvalue weighted by atomic mass is 16.6. The van der Waals surface area contributed by atoms with Gasteiger partial charge in [-0.3, -0.25) is 10.1 Å². The van der Waals surface area contributed by atoms with Crippen molar-refractivity contribution in [2.45, 2.75) is 6.54 Å². The summed E-state index contributed by atoms with van der Waals surface area (Å²) < 4.78 is 4.98. The molecule has 0 saturated heterocycles. The maximum absolute atomic E-state index is 10.9. The largest absolute Gasteiger partial charge is 0.481 e. The molecule has 110 valence electrons. The molecule has 0 spiro atoms. The number of aromatic nitrogens is 2. The van der Waals surface area contributed by atoms with Gasteiger partial charge in [-0.15, -0.1) is 0 Å². The van der Waals surface area contributed by atoms with Gasteiger partial charge in [-0.1, -0.05) is 6.07 Å². The molecule has 21 heavy (non-hydrogen) atoms. The number of anilines is 2. The first-order valence-corrected chi connectivity index (χ1v) is 6.19. The number of hydrogen-bond donors (Lipinski definition) is 2. The third-order valence-corrected chi connectivity index (χ3v) is 2.76. The Hall–Kier alpha value is -2.90. The Labute approximate surface area is 121 Å². The maximum Gasteiger partial charge on any atom is 0.276 e. The van der Waals surface area contributed by atoms with E-state index in [9.17, 15) is 10.1 Å². The molecule has 0 bridgehead atoms. The molecule has 0 fully saturated rings. The van der Waals surface area contributed by atoms with E-state index in [4.69, 9.17) is 4.74 Å². The molecule has 0 amide bonds. The van der Waals surface area contributed by atoms with Gasteiger partial charge in [-0.05, 0) is 5.56 Å². The van der Waals surface area contributed by atoms with E-state index in [1.165, 1.54) is 12.1 Å². The van der Waals surface area contributed by atoms with E-state index in [-0.39, 0.29) is 5.69 Å². The van der Waals surface area contributed by atoms with Gasteiger partial charge in [-0.2, -0.15) is 0 Å². The molecule has 0 atom stereocenters. The second-order valence-corrected chi connectivity index (χ2v) is 4.17. The van der Waals surface area contributed by atoms with Crippen molar-refractivity contribution in [1.82, 2.24) is 9.97 Å². The van der Waals surface area contributed by atoms with Gasteiger partial charge in [-0.25, -0.2) is 9.97 Å². The van der Waals surface area contributed by atoms with E-state index in [0.717, 1.165) is 5.56 Å². The molecule has 2 heterocycles. The second-order valence-electron chi connectivity index (χ2n) is 4.17. The van der Waals surface area contributed by atoms with Crippen LogP contribution in [0.1, 0.15) is 5.56 Å². The van der Waals surface area contributed by atoms with Gasteiger partial charge in [0, 0.05) is 25.9 Å². The van der Waals surface area contributed by atoms with Crippen LogP contribution in [0.4, 0.5) is 17.3 Å². The van der Waals surface area contributed by atoms with Crippen molar-refractivity contribution in [3.8, 4) is 5.88 Å². The van der Waals surface area contributed by atoms with E-state index in [2.05, 4.69) is 20.6 Å². The predicted molar refractivity (Wildman–Crippen MR) is 78.6 cm³/mol. The predicted octanol–water partition coefficient (Wildman–Crippen LogP) is 2.05. The highest BCUT2D eigenvalue weighted by Gasteiger charge is 2.10. The Morgan fingerprint density at radius 2 is 2.10 bits per heavy atom. The summed E-state index contributed by atoms with van der Waals surface area (Å²) in [5.41, 5.74) is 0.889. The molecule has 0 unspecified atom stereocenters. The van der Waals surface area contributed by atoms with Gasteiger partial charge < -0.3 is 15.4 Å². The first kappa shape index (κ1) is 14.5. The molecule has 2 aromatic rings. The Morgan fingerprint density at radius 1 is 1.33 bits per heavy atom. The van der Waals surface area contributed by atoms with Crippen molar-refractivity contribution in [2.24, 2.45) is 0 Å². The smallest absolute Gasteiger partial charge is 0.276 e. The van der Waals surface area contributed by atoms with Crippen LogP contribution in [0.5, 0.6) is 5.88 Å². The van der Waals surface area contributed by atoms with Gasteiger partial charge >= 0.3 is 0 Å². The molecule has 0 aromatic carbocycles. The van der Waals surface area contributed by atoms with Crippen molar-refractivity contribution in [2.75, 3.05) is 24.8 Å². The first-order valence-electron chi connectivity index (χ1n) is 6.19. The zero-order chi connectivity index (χ0) is 15.2. The molecular weight excluding hydrogens is 274 g/mol. The Kier molecular flexibility index (Phi) is 4.50. The highest BCUT2D eigenvalue weighted by molar-refractivity contribution is 5.54. The Balaban J connectivity index is 2.11. The Bertz CT molecular complexity index is 630. The topological polar surface area (TPSA) is 102 Å². The fourth-order valence-electron chi connectivity index (χ4n) is 1.67. The monoisotopic (exact) mass is 289 g/mol. The fraction of sp³-hybridized carbons (Fsp3) is 0.231. The number of rotatable bonds is 6. The molecule has 0 aliphatic heterocycles. The molecule has 0 saturated carbocycles. The lowest BCUT2D eigenvalue weighted by atomic mass is 10.3. The minimum Gasteiger partial charge on any atom is -0.481 e. The minimum absolute atomic E-state index is 0.0234. The van der Waals surface area contributed by atoms with E-state index in [1.54, 1.807) is 26.4 Å². The van der Waals surface area contributed by atoms with Crippen LogP contribution in [-0.4, -0.2) is 29.0 Å². The summed E-state index contributed by atoms with van der Waals surface area (Å²) in [7, 11) is 3.20. The van der Waals surface area contributed by atoms with Crippen LogP contribution >= 0.6 is 0 Å². The van der Waals surface area contributed by atoms with Gasteiger partial charge in [0.2, 0.25) is 5.88 Å². The van der Waals surface area contributed by atoms with Crippen LogP contribution in [0.2, 0.25) is 0 Å².